The normalized spacial score (nSPS) is 10.9. The van der Waals surface area contributed by atoms with Gasteiger partial charge in [0.05, 0.1) is 17.6 Å². The molecule has 0 unspecified atom stereocenters. The van der Waals surface area contributed by atoms with E-state index in [1.807, 2.05) is 17.5 Å². The Balaban J connectivity index is 1.26. The molecular formula is C17H13N3O5S. The summed E-state index contributed by atoms with van der Waals surface area (Å²) in [6.45, 7) is 0.0508. The van der Waals surface area contributed by atoms with Gasteiger partial charge in [0.1, 0.15) is 12.3 Å². The summed E-state index contributed by atoms with van der Waals surface area (Å²) in [6, 6.07) is 9.08. The molecule has 4 rings (SSSR count). The summed E-state index contributed by atoms with van der Waals surface area (Å²) in [7, 11) is 0. The van der Waals surface area contributed by atoms with Gasteiger partial charge in [-0.15, -0.1) is 11.3 Å². The van der Waals surface area contributed by atoms with Gasteiger partial charge in [0.25, 0.3) is 0 Å². The zero-order valence-corrected chi connectivity index (χ0v) is 14.3. The van der Waals surface area contributed by atoms with Crippen LogP contribution in [0.1, 0.15) is 18.0 Å². The first-order valence-corrected chi connectivity index (χ1v) is 8.67. The van der Waals surface area contributed by atoms with E-state index < -0.39 is 0 Å². The Morgan fingerprint density at radius 3 is 2.92 bits per heavy atom. The Labute approximate surface area is 151 Å². The second-order valence-electron chi connectivity index (χ2n) is 5.31. The number of hydrogen-bond donors (Lipinski definition) is 0. The first-order valence-electron chi connectivity index (χ1n) is 7.79. The molecule has 0 aromatic carbocycles. The van der Waals surface area contributed by atoms with E-state index in [9.17, 15) is 4.79 Å². The van der Waals surface area contributed by atoms with Crippen molar-refractivity contribution in [2.45, 2.75) is 19.4 Å². The van der Waals surface area contributed by atoms with Crippen molar-refractivity contribution in [2.75, 3.05) is 0 Å². The van der Waals surface area contributed by atoms with Crippen LogP contribution in [0.5, 0.6) is 0 Å². The summed E-state index contributed by atoms with van der Waals surface area (Å²) < 4.78 is 20.7. The fourth-order valence-electron chi connectivity index (χ4n) is 2.21. The monoisotopic (exact) mass is 371 g/mol. The number of carbonyl (C=O) groups excluding carboxylic acids is 1. The molecule has 4 aromatic heterocycles. The van der Waals surface area contributed by atoms with Crippen molar-refractivity contribution in [3.8, 4) is 22.2 Å². The van der Waals surface area contributed by atoms with Crippen molar-refractivity contribution in [2.24, 2.45) is 0 Å². The number of aryl methyl sites for hydroxylation is 1. The van der Waals surface area contributed by atoms with Gasteiger partial charge in [-0.2, -0.15) is 4.98 Å². The van der Waals surface area contributed by atoms with Crippen LogP contribution >= 0.6 is 11.3 Å². The summed E-state index contributed by atoms with van der Waals surface area (Å²) in [5.74, 6) is 1.47. The van der Waals surface area contributed by atoms with Crippen LogP contribution in [0.25, 0.3) is 22.2 Å². The van der Waals surface area contributed by atoms with Gasteiger partial charge in [-0.3, -0.25) is 4.79 Å². The standard InChI is InChI=1S/C17H13N3O5S/c21-16(6-5-15-18-17(20-25-15)12-3-1-7-22-12)23-10-11-9-13(24-19-11)14-4-2-8-26-14/h1-4,7-9H,5-6,10H2. The third-order valence-electron chi connectivity index (χ3n) is 3.46. The minimum absolute atomic E-state index is 0.0508. The molecule has 132 valence electrons. The topological polar surface area (TPSA) is 104 Å². The van der Waals surface area contributed by atoms with Crippen molar-refractivity contribution in [1.29, 1.82) is 0 Å². The summed E-state index contributed by atoms with van der Waals surface area (Å²) in [5.41, 5.74) is 0.555. The third-order valence-corrected chi connectivity index (χ3v) is 4.34. The van der Waals surface area contributed by atoms with E-state index >= 15 is 0 Å². The molecule has 8 nitrogen and oxygen atoms in total. The van der Waals surface area contributed by atoms with Gasteiger partial charge in [0, 0.05) is 12.5 Å². The van der Waals surface area contributed by atoms with Gasteiger partial charge in [0.2, 0.25) is 11.7 Å². The number of carbonyl (C=O) groups is 1. The van der Waals surface area contributed by atoms with Gasteiger partial charge < -0.3 is 18.2 Å². The van der Waals surface area contributed by atoms with Crippen molar-refractivity contribution in [1.82, 2.24) is 15.3 Å². The predicted molar refractivity (Wildman–Crippen MR) is 89.9 cm³/mol. The van der Waals surface area contributed by atoms with Crippen LogP contribution in [0.4, 0.5) is 0 Å². The third kappa shape index (κ3) is 3.72. The minimum atomic E-state index is -0.386. The van der Waals surface area contributed by atoms with Gasteiger partial charge in [-0.05, 0) is 23.6 Å². The number of esters is 1. The summed E-state index contributed by atoms with van der Waals surface area (Å²) in [4.78, 5) is 17.0. The molecule has 9 heteroatoms. The van der Waals surface area contributed by atoms with Crippen molar-refractivity contribution in [3.05, 3.63) is 53.6 Å². The molecule has 4 aromatic rings. The molecule has 0 bridgehead atoms. The molecular weight excluding hydrogens is 358 g/mol. The van der Waals surface area contributed by atoms with E-state index in [1.165, 1.54) is 6.26 Å². The number of aromatic nitrogens is 3. The molecule has 0 aliphatic rings. The highest BCUT2D eigenvalue weighted by Crippen LogP contribution is 2.25. The second-order valence-corrected chi connectivity index (χ2v) is 6.26. The highest BCUT2D eigenvalue weighted by atomic mass is 32.1. The minimum Gasteiger partial charge on any atom is -0.461 e. The summed E-state index contributed by atoms with van der Waals surface area (Å²) in [5, 5.41) is 9.65. The molecule has 0 radical (unpaired) electrons. The highest BCUT2D eigenvalue weighted by Gasteiger charge is 2.14. The number of nitrogens with zero attached hydrogens (tertiary/aromatic N) is 3. The van der Waals surface area contributed by atoms with Crippen LogP contribution in [0, 0.1) is 0 Å². The molecule has 0 aliphatic heterocycles. The predicted octanol–water partition coefficient (Wildman–Crippen LogP) is 3.72. The molecule has 0 atom stereocenters. The highest BCUT2D eigenvalue weighted by molar-refractivity contribution is 7.13. The van der Waals surface area contributed by atoms with Crippen molar-refractivity contribution in [3.63, 3.8) is 0 Å². The lowest BCUT2D eigenvalue weighted by Crippen LogP contribution is -2.06. The lowest BCUT2D eigenvalue weighted by molar-refractivity contribution is -0.145. The van der Waals surface area contributed by atoms with Crippen LogP contribution in [-0.2, 0) is 22.6 Å². The van der Waals surface area contributed by atoms with Gasteiger partial charge >= 0.3 is 5.97 Å². The van der Waals surface area contributed by atoms with Crippen LogP contribution < -0.4 is 0 Å². The first kappa shape index (κ1) is 16.3. The lowest BCUT2D eigenvalue weighted by Gasteiger charge is -2.00. The van der Waals surface area contributed by atoms with E-state index in [-0.39, 0.29) is 25.4 Å². The van der Waals surface area contributed by atoms with E-state index in [0.717, 1.165) is 4.88 Å². The van der Waals surface area contributed by atoms with Crippen molar-refractivity contribution < 1.29 is 23.0 Å². The Bertz CT molecular complexity index is 894. The maximum Gasteiger partial charge on any atom is 0.306 e. The Morgan fingerprint density at radius 2 is 2.12 bits per heavy atom. The molecule has 0 saturated carbocycles. The van der Waals surface area contributed by atoms with E-state index in [1.54, 1.807) is 29.5 Å². The summed E-state index contributed by atoms with van der Waals surface area (Å²) in [6.07, 6.45) is 1.93. The zero-order valence-electron chi connectivity index (χ0n) is 13.5. The van der Waals surface area contributed by atoms with Gasteiger partial charge in [-0.1, -0.05) is 16.4 Å². The van der Waals surface area contributed by atoms with E-state index in [2.05, 4.69) is 15.3 Å². The smallest absolute Gasteiger partial charge is 0.306 e. The Morgan fingerprint density at radius 1 is 1.15 bits per heavy atom. The first-order chi connectivity index (χ1) is 12.8. The number of ether oxygens (including phenoxy) is 1. The number of thiophene rings is 1. The summed E-state index contributed by atoms with van der Waals surface area (Å²) >= 11 is 1.55. The lowest BCUT2D eigenvalue weighted by atomic mass is 10.3. The zero-order chi connectivity index (χ0) is 17.8. The van der Waals surface area contributed by atoms with Crippen LogP contribution in [0.15, 0.2) is 55.4 Å². The largest absolute Gasteiger partial charge is 0.461 e. The molecule has 0 N–H and O–H groups in total. The number of furan rings is 1. The molecule has 0 aliphatic carbocycles. The van der Waals surface area contributed by atoms with Crippen molar-refractivity contribution >= 4 is 17.3 Å². The number of hydrogen-bond acceptors (Lipinski definition) is 9. The van der Waals surface area contributed by atoms with Crippen LogP contribution in [0.2, 0.25) is 0 Å². The van der Waals surface area contributed by atoms with Crippen LogP contribution in [-0.4, -0.2) is 21.3 Å². The molecule has 0 amide bonds. The van der Waals surface area contributed by atoms with E-state index in [4.69, 9.17) is 18.2 Å². The second kappa shape index (κ2) is 7.36. The molecule has 0 saturated heterocycles. The quantitative estimate of drug-likeness (QED) is 0.453. The van der Waals surface area contributed by atoms with E-state index in [0.29, 0.717) is 28.9 Å². The molecule has 26 heavy (non-hydrogen) atoms. The van der Waals surface area contributed by atoms with Gasteiger partial charge in [-0.25, -0.2) is 0 Å². The van der Waals surface area contributed by atoms with Gasteiger partial charge in [0.15, 0.2) is 11.5 Å². The van der Waals surface area contributed by atoms with Crippen LogP contribution in [0.3, 0.4) is 0 Å². The average molecular weight is 371 g/mol. The Hall–Kier alpha value is -3.20. The molecule has 0 spiro atoms. The number of rotatable bonds is 7. The fraction of sp³-hybridized carbons (Fsp3) is 0.176. The Kier molecular flexibility index (Phi) is 4.61. The molecule has 0 fully saturated rings. The average Bonchev–Trinajstić information content (AvgIpc) is 3.44. The fourth-order valence-corrected chi connectivity index (χ4v) is 2.89. The molecule has 4 heterocycles. The maximum absolute atomic E-state index is 11.9. The SMILES string of the molecule is O=C(CCc1nc(-c2ccco2)no1)OCc1cc(-c2cccs2)on1. The maximum atomic E-state index is 11.9.